The zero-order valence-electron chi connectivity index (χ0n) is 8.70. The predicted octanol–water partition coefficient (Wildman–Crippen LogP) is -0.270. The van der Waals surface area contributed by atoms with Gasteiger partial charge in [0, 0.05) is 18.8 Å². The Morgan fingerprint density at radius 3 is 1.93 bits per heavy atom. The molecule has 1 rings (SSSR count). The SMILES string of the molecule is CC1(C)C(C(N)=O)=[N+]([O-])C(C)(C)[N+]1=O. The van der Waals surface area contributed by atoms with Crippen LogP contribution in [0.4, 0.5) is 0 Å². The van der Waals surface area contributed by atoms with E-state index in [1.165, 1.54) is 27.7 Å². The van der Waals surface area contributed by atoms with Gasteiger partial charge in [-0.2, -0.15) is 0 Å². The highest BCUT2D eigenvalue weighted by molar-refractivity contribution is 6.39. The molecule has 0 aromatic carbocycles. The molecule has 1 aliphatic heterocycles. The lowest BCUT2D eigenvalue weighted by Gasteiger charge is -2.09. The van der Waals surface area contributed by atoms with E-state index in [-0.39, 0.29) is 5.71 Å². The van der Waals surface area contributed by atoms with E-state index in [1.807, 2.05) is 0 Å². The predicted molar refractivity (Wildman–Crippen MR) is 49.6 cm³/mol. The average Bonchev–Trinajstić information content (AvgIpc) is 2.10. The van der Waals surface area contributed by atoms with Gasteiger partial charge in [-0.3, -0.25) is 4.79 Å². The molecule has 6 heteroatoms. The first-order valence-corrected chi connectivity index (χ1v) is 4.25. The minimum absolute atomic E-state index is 0.197. The number of nitrogens with two attached hydrogens (primary N) is 1. The van der Waals surface area contributed by atoms with E-state index in [1.54, 1.807) is 0 Å². The summed E-state index contributed by atoms with van der Waals surface area (Å²) in [4.78, 5) is 22.8. The summed E-state index contributed by atoms with van der Waals surface area (Å²) in [5, 5.41) is 11.6. The molecule has 0 atom stereocenters. The van der Waals surface area contributed by atoms with Crippen LogP contribution in [0.5, 0.6) is 0 Å². The van der Waals surface area contributed by atoms with Gasteiger partial charge in [-0.1, -0.05) is 0 Å². The molecule has 6 nitrogen and oxygen atoms in total. The molecule has 0 aliphatic carbocycles. The van der Waals surface area contributed by atoms with Crippen molar-refractivity contribution in [2.24, 2.45) is 5.73 Å². The van der Waals surface area contributed by atoms with Crippen molar-refractivity contribution in [2.45, 2.75) is 38.9 Å². The molecule has 0 bridgehead atoms. The number of carbonyl (C=O) groups is 1. The lowest BCUT2D eigenvalue weighted by Crippen LogP contribution is -2.47. The summed E-state index contributed by atoms with van der Waals surface area (Å²) in [6.45, 7) is 5.90. The minimum atomic E-state index is -1.28. The molecule has 1 amide bonds. The van der Waals surface area contributed by atoms with Gasteiger partial charge in [-0.25, -0.2) is 0 Å². The van der Waals surface area contributed by atoms with Crippen LogP contribution < -0.4 is 5.73 Å². The molecule has 0 fully saturated rings. The molecule has 0 radical (unpaired) electrons. The summed E-state index contributed by atoms with van der Waals surface area (Å²) in [5.41, 5.74) is 2.41. The summed E-state index contributed by atoms with van der Waals surface area (Å²) in [6.07, 6.45) is 0. The van der Waals surface area contributed by atoms with Crippen molar-refractivity contribution >= 4 is 11.6 Å². The van der Waals surface area contributed by atoms with Gasteiger partial charge >= 0.3 is 22.8 Å². The molecule has 0 unspecified atom stereocenters. The van der Waals surface area contributed by atoms with Crippen molar-refractivity contribution in [1.82, 2.24) is 0 Å². The van der Waals surface area contributed by atoms with Gasteiger partial charge in [0.05, 0.1) is 18.6 Å². The molecule has 2 N–H and O–H groups in total. The molecular weight excluding hydrogens is 186 g/mol. The van der Waals surface area contributed by atoms with Gasteiger partial charge in [0.25, 0.3) is 0 Å². The molecule has 0 aromatic heterocycles. The molecule has 0 saturated heterocycles. The number of rotatable bonds is 1. The van der Waals surface area contributed by atoms with Crippen molar-refractivity contribution in [3.63, 3.8) is 0 Å². The van der Waals surface area contributed by atoms with Crippen LogP contribution in [-0.4, -0.2) is 32.3 Å². The Bertz CT molecular complexity index is 355. The fourth-order valence-electron chi connectivity index (χ4n) is 1.79. The van der Waals surface area contributed by atoms with Crippen LogP contribution >= 0.6 is 0 Å². The lowest BCUT2D eigenvalue weighted by atomic mass is 9.98. The van der Waals surface area contributed by atoms with Gasteiger partial charge in [0.2, 0.25) is 0 Å². The summed E-state index contributed by atoms with van der Waals surface area (Å²) in [7, 11) is 0. The van der Waals surface area contributed by atoms with Gasteiger partial charge in [0.1, 0.15) is 0 Å². The van der Waals surface area contributed by atoms with E-state index in [0.717, 1.165) is 0 Å². The Morgan fingerprint density at radius 1 is 1.36 bits per heavy atom. The third-order valence-electron chi connectivity index (χ3n) is 2.52. The van der Waals surface area contributed by atoms with E-state index in [0.29, 0.717) is 9.50 Å². The average molecular weight is 200 g/mol. The van der Waals surface area contributed by atoms with Crippen LogP contribution in [0.3, 0.4) is 0 Å². The van der Waals surface area contributed by atoms with Crippen LogP contribution in [0.25, 0.3) is 0 Å². The third kappa shape index (κ3) is 1.03. The maximum atomic E-state index is 11.7. The molecular formula is C8H14N3O3+. The number of nitrogens with zero attached hydrogens (tertiary/aromatic N) is 2. The maximum Gasteiger partial charge on any atom is 0.402 e. The first-order chi connectivity index (χ1) is 6.13. The molecule has 78 valence electrons. The van der Waals surface area contributed by atoms with E-state index < -0.39 is 17.1 Å². The number of hydrogen-bond donors (Lipinski definition) is 1. The number of hydroxylamine groups is 1. The van der Waals surface area contributed by atoms with Crippen molar-refractivity contribution in [3.8, 4) is 0 Å². The van der Waals surface area contributed by atoms with E-state index in [4.69, 9.17) is 5.73 Å². The fourth-order valence-corrected chi connectivity index (χ4v) is 1.79. The van der Waals surface area contributed by atoms with Crippen LogP contribution in [0, 0.1) is 10.1 Å². The Labute approximate surface area is 81.5 Å². The normalized spacial score (nSPS) is 24.1. The molecule has 0 spiro atoms. The first-order valence-electron chi connectivity index (χ1n) is 4.25. The summed E-state index contributed by atoms with van der Waals surface area (Å²) >= 11 is 0. The Balaban J connectivity index is 3.45. The lowest BCUT2D eigenvalue weighted by molar-refractivity contribution is -0.796. The van der Waals surface area contributed by atoms with Crippen molar-refractivity contribution < 1.29 is 14.3 Å². The first kappa shape index (κ1) is 10.6. The van der Waals surface area contributed by atoms with Crippen molar-refractivity contribution in [2.75, 3.05) is 0 Å². The van der Waals surface area contributed by atoms with Crippen LogP contribution in [0.15, 0.2) is 0 Å². The number of primary amides is 1. The maximum absolute atomic E-state index is 11.7. The molecule has 1 aliphatic rings. The smallest absolute Gasteiger partial charge is 0.402 e. The highest BCUT2D eigenvalue weighted by Crippen LogP contribution is 2.28. The Hall–Kier alpha value is -1.46. The van der Waals surface area contributed by atoms with Gasteiger partial charge in [-0.05, 0) is 0 Å². The number of hydrogen-bond acceptors (Lipinski definition) is 3. The zero-order valence-corrected chi connectivity index (χ0v) is 8.70. The van der Waals surface area contributed by atoms with Crippen LogP contribution in [-0.2, 0) is 4.79 Å². The molecule has 1 heterocycles. The van der Waals surface area contributed by atoms with Gasteiger partial charge < -0.3 is 10.9 Å². The minimum Gasteiger partial charge on any atom is -0.618 e. The second-order valence-electron chi connectivity index (χ2n) is 4.36. The zero-order chi connectivity index (χ0) is 11.3. The number of carbonyl (C=O) groups excluding carboxylic acids is 1. The molecule has 0 aromatic rings. The highest BCUT2D eigenvalue weighted by Gasteiger charge is 2.67. The number of nitroso groups, excluding NO2 is 1. The van der Waals surface area contributed by atoms with E-state index in [2.05, 4.69) is 0 Å². The van der Waals surface area contributed by atoms with Crippen molar-refractivity contribution in [3.05, 3.63) is 10.1 Å². The van der Waals surface area contributed by atoms with Crippen LogP contribution in [0.1, 0.15) is 27.7 Å². The second kappa shape index (κ2) is 2.52. The quantitative estimate of drug-likeness (QED) is 0.466. The summed E-state index contributed by atoms with van der Waals surface area (Å²) < 4.78 is 0.982. The standard InChI is InChI=1S/C8H13N3O3/c1-7(2)5(6(9)12)10(13)8(3,4)11(7)14/h1-4H3,(H-,9,12)/p+1. The fraction of sp³-hybridized carbons (Fsp3) is 0.750. The van der Waals surface area contributed by atoms with Crippen molar-refractivity contribution in [1.29, 1.82) is 0 Å². The van der Waals surface area contributed by atoms with E-state index >= 15 is 0 Å². The Morgan fingerprint density at radius 2 is 1.79 bits per heavy atom. The topological polar surface area (TPSA) is 89.2 Å². The summed E-state index contributed by atoms with van der Waals surface area (Å²) in [5.74, 6) is -0.851. The van der Waals surface area contributed by atoms with Gasteiger partial charge in [-0.15, -0.1) is 4.74 Å². The largest absolute Gasteiger partial charge is 0.618 e. The van der Waals surface area contributed by atoms with Crippen LogP contribution in [0.2, 0.25) is 0 Å². The van der Waals surface area contributed by atoms with Gasteiger partial charge in [0.15, 0.2) is 0 Å². The second-order valence-corrected chi connectivity index (χ2v) is 4.36. The molecule has 0 saturated carbocycles. The Kier molecular flexibility index (Phi) is 1.91. The number of amides is 1. The molecule has 14 heavy (non-hydrogen) atoms. The summed E-state index contributed by atoms with van der Waals surface area (Å²) in [6, 6.07) is 0. The third-order valence-corrected chi connectivity index (χ3v) is 2.52. The van der Waals surface area contributed by atoms with E-state index in [9.17, 15) is 14.9 Å². The highest BCUT2D eigenvalue weighted by atomic mass is 16.5. The monoisotopic (exact) mass is 200 g/mol.